The highest BCUT2D eigenvalue weighted by atomic mass is 19.4. The molecule has 114 valence electrons. The molecule has 0 fully saturated rings. The van der Waals surface area contributed by atoms with Gasteiger partial charge in [-0.15, -0.1) is 0 Å². The van der Waals surface area contributed by atoms with E-state index in [1.165, 1.54) is 24.3 Å². The van der Waals surface area contributed by atoms with Crippen LogP contribution in [0.1, 0.15) is 21.5 Å². The summed E-state index contributed by atoms with van der Waals surface area (Å²) in [6.07, 6.45) is -4.67. The van der Waals surface area contributed by atoms with Crippen LogP contribution >= 0.6 is 0 Å². The fraction of sp³-hybridized carbons (Fsp3) is 0.125. The fourth-order valence-electron chi connectivity index (χ4n) is 1.76. The van der Waals surface area contributed by atoms with Crippen LogP contribution in [0.4, 0.5) is 13.2 Å². The van der Waals surface area contributed by atoms with Crippen molar-refractivity contribution in [1.29, 1.82) is 0 Å². The van der Waals surface area contributed by atoms with Crippen LogP contribution in [0.3, 0.4) is 0 Å². The molecule has 0 aromatic heterocycles. The van der Waals surface area contributed by atoms with Gasteiger partial charge < -0.3 is 0 Å². The van der Waals surface area contributed by atoms with E-state index in [2.05, 4.69) is 5.10 Å². The number of carbonyl (C=O) groups is 1. The standard InChI is InChI=1S/C16H13F3N2O/c1-11-7-9-12(10-8-11)14(16(17,18)19)20-21-15(22)13-5-3-2-4-6-13/h2-10H,1H3,(H,21,22). The Morgan fingerprint density at radius 2 is 1.55 bits per heavy atom. The minimum Gasteiger partial charge on any atom is -0.267 e. The van der Waals surface area contributed by atoms with Crippen molar-refractivity contribution in [2.45, 2.75) is 13.1 Å². The summed E-state index contributed by atoms with van der Waals surface area (Å²) in [4.78, 5) is 11.8. The molecule has 0 radical (unpaired) electrons. The quantitative estimate of drug-likeness (QED) is 0.682. The van der Waals surface area contributed by atoms with Gasteiger partial charge in [-0.2, -0.15) is 18.3 Å². The fourth-order valence-corrected chi connectivity index (χ4v) is 1.76. The van der Waals surface area contributed by atoms with Crippen LogP contribution in [0.25, 0.3) is 0 Å². The Bertz CT molecular complexity index is 677. The number of alkyl halides is 3. The number of hydrogen-bond donors (Lipinski definition) is 1. The van der Waals surface area contributed by atoms with Crippen molar-refractivity contribution in [2.75, 3.05) is 0 Å². The molecule has 0 spiro atoms. The number of amides is 1. The van der Waals surface area contributed by atoms with Gasteiger partial charge in [0.25, 0.3) is 5.91 Å². The van der Waals surface area contributed by atoms with Crippen molar-refractivity contribution in [3.63, 3.8) is 0 Å². The van der Waals surface area contributed by atoms with Crippen LogP contribution in [-0.2, 0) is 0 Å². The highest BCUT2D eigenvalue weighted by molar-refractivity contribution is 6.05. The Hall–Kier alpha value is -2.63. The van der Waals surface area contributed by atoms with Gasteiger partial charge >= 0.3 is 6.18 Å². The summed E-state index contributed by atoms with van der Waals surface area (Å²) in [5.74, 6) is -0.700. The first-order valence-electron chi connectivity index (χ1n) is 6.45. The predicted octanol–water partition coefficient (Wildman–Crippen LogP) is 3.69. The first-order chi connectivity index (χ1) is 10.4. The number of benzene rings is 2. The van der Waals surface area contributed by atoms with E-state index in [0.717, 1.165) is 5.56 Å². The van der Waals surface area contributed by atoms with Crippen LogP contribution in [0.5, 0.6) is 0 Å². The number of aryl methyl sites for hydroxylation is 1. The third kappa shape index (κ3) is 3.94. The summed E-state index contributed by atoms with van der Waals surface area (Å²) in [5, 5.41) is 3.26. The average Bonchev–Trinajstić information content (AvgIpc) is 2.48. The lowest BCUT2D eigenvalue weighted by atomic mass is 10.1. The molecule has 1 amide bonds. The van der Waals surface area contributed by atoms with Gasteiger partial charge in [0, 0.05) is 11.1 Å². The predicted molar refractivity (Wildman–Crippen MR) is 77.7 cm³/mol. The average molecular weight is 306 g/mol. The maximum Gasteiger partial charge on any atom is 0.435 e. The second-order valence-corrected chi connectivity index (χ2v) is 4.63. The molecular formula is C16H13F3N2O. The molecule has 0 unspecified atom stereocenters. The molecule has 2 aromatic carbocycles. The molecule has 3 nitrogen and oxygen atoms in total. The van der Waals surface area contributed by atoms with Gasteiger partial charge in [0.2, 0.25) is 0 Å². The van der Waals surface area contributed by atoms with Gasteiger partial charge in [0.15, 0.2) is 5.71 Å². The number of nitrogens with one attached hydrogen (secondary N) is 1. The zero-order valence-corrected chi connectivity index (χ0v) is 11.7. The summed E-state index contributed by atoms with van der Waals surface area (Å²) in [7, 11) is 0. The van der Waals surface area contributed by atoms with Crippen molar-refractivity contribution in [1.82, 2.24) is 5.43 Å². The van der Waals surface area contributed by atoms with E-state index in [0.29, 0.717) is 0 Å². The molecule has 1 N–H and O–H groups in total. The van der Waals surface area contributed by atoms with Gasteiger partial charge in [-0.05, 0) is 19.1 Å². The topological polar surface area (TPSA) is 41.5 Å². The summed E-state index contributed by atoms with van der Waals surface area (Å²) in [5.41, 5.74) is 1.77. The maximum absolute atomic E-state index is 13.1. The number of halogens is 3. The second kappa shape index (κ2) is 6.43. The van der Waals surface area contributed by atoms with Crippen LogP contribution in [0.15, 0.2) is 59.7 Å². The molecular weight excluding hydrogens is 293 g/mol. The Labute approximate surface area is 125 Å². The summed E-state index contributed by atoms with van der Waals surface area (Å²) >= 11 is 0. The highest BCUT2D eigenvalue weighted by Crippen LogP contribution is 2.22. The van der Waals surface area contributed by atoms with Gasteiger partial charge in [-0.3, -0.25) is 4.79 Å². The van der Waals surface area contributed by atoms with Crippen LogP contribution in [-0.4, -0.2) is 17.8 Å². The van der Waals surface area contributed by atoms with Gasteiger partial charge in [-0.1, -0.05) is 48.0 Å². The number of rotatable bonds is 3. The summed E-state index contributed by atoms with van der Waals surface area (Å²) < 4.78 is 39.2. The lowest BCUT2D eigenvalue weighted by Crippen LogP contribution is -2.29. The third-order valence-corrected chi connectivity index (χ3v) is 2.90. The Morgan fingerprint density at radius 1 is 0.955 bits per heavy atom. The first-order valence-corrected chi connectivity index (χ1v) is 6.45. The van der Waals surface area contributed by atoms with E-state index in [1.54, 1.807) is 37.3 Å². The highest BCUT2D eigenvalue weighted by Gasteiger charge is 2.37. The molecule has 22 heavy (non-hydrogen) atoms. The smallest absolute Gasteiger partial charge is 0.267 e. The van der Waals surface area contributed by atoms with Gasteiger partial charge in [0.05, 0.1) is 0 Å². The molecule has 0 aliphatic rings. The van der Waals surface area contributed by atoms with E-state index >= 15 is 0 Å². The molecule has 0 saturated heterocycles. The minimum atomic E-state index is -4.67. The lowest BCUT2D eigenvalue weighted by Gasteiger charge is -2.11. The monoisotopic (exact) mass is 306 g/mol. The van der Waals surface area contributed by atoms with E-state index in [1.807, 2.05) is 5.43 Å². The number of hydrazone groups is 1. The first kappa shape index (κ1) is 15.8. The van der Waals surface area contributed by atoms with Crippen molar-refractivity contribution in [3.05, 3.63) is 71.3 Å². The molecule has 2 aromatic rings. The Balaban J connectivity index is 2.27. The minimum absolute atomic E-state index is 0.105. The molecule has 0 bridgehead atoms. The normalized spacial score (nSPS) is 12.1. The van der Waals surface area contributed by atoms with Crippen LogP contribution < -0.4 is 5.43 Å². The van der Waals surface area contributed by atoms with E-state index in [-0.39, 0.29) is 11.1 Å². The van der Waals surface area contributed by atoms with Gasteiger partial charge in [-0.25, -0.2) is 5.43 Å². The zero-order valence-electron chi connectivity index (χ0n) is 11.7. The molecule has 2 rings (SSSR count). The molecule has 0 atom stereocenters. The molecule has 6 heteroatoms. The van der Waals surface area contributed by atoms with E-state index < -0.39 is 17.8 Å². The SMILES string of the molecule is Cc1ccc(C(=NNC(=O)c2ccccc2)C(F)(F)F)cc1. The molecule has 0 aliphatic heterocycles. The number of carbonyl (C=O) groups excluding carboxylic acids is 1. The summed E-state index contributed by atoms with van der Waals surface area (Å²) in [6, 6.07) is 13.6. The third-order valence-electron chi connectivity index (χ3n) is 2.90. The largest absolute Gasteiger partial charge is 0.435 e. The molecule has 0 aliphatic carbocycles. The Morgan fingerprint density at radius 3 is 2.09 bits per heavy atom. The number of nitrogens with zero attached hydrogens (tertiary/aromatic N) is 1. The van der Waals surface area contributed by atoms with Crippen LogP contribution in [0, 0.1) is 6.92 Å². The molecule has 0 heterocycles. The van der Waals surface area contributed by atoms with E-state index in [9.17, 15) is 18.0 Å². The second-order valence-electron chi connectivity index (χ2n) is 4.63. The van der Waals surface area contributed by atoms with Crippen molar-refractivity contribution >= 4 is 11.6 Å². The number of hydrogen-bond acceptors (Lipinski definition) is 2. The lowest BCUT2D eigenvalue weighted by molar-refractivity contribution is -0.0583. The van der Waals surface area contributed by atoms with E-state index in [4.69, 9.17) is 0 Å². The zero-order chi connectivity index (χ0) is 16.2. The maximum atomic E-state index is 13.1. The van der Waals surface area contributed by atoms with Gasteiger partial charge in [0.1, 0.15) is 0 Å². The van der Waals surface area contributed by atoms with Crippen LogP contribution in [0.2, 0.25) is 0 Å². The van der Waals surface area contributed by atoms with Crippen molar-refractivity contribution < 1.29 is 18.0 Å². The summed E-state index contributed by atoms with van der Waals surface area (Å²) in [6.45, 7) is 1.77. The molecule has 0 saturated carbocycles. The van der Waals surface area contributed by atoms with Crippen molar-refractivity contribution in [3.8, 4) is 0 Å². The Kier molecular flexibility index (Phi) is 4.60. The van der Waals surface area contributed by atoms with Crippen molar-refractivity contribution in [2.24, 2.45) is 5.10 Å².